The third-order valence-corrected chi connectivity index (χ3v) is 9.86. The number of benzene rings is 1. The van der Waals surface area contributed by atoms with Crippen LogP contribution in [0.15, 0.2) is 42.5 Å². The van der Waals surface area contributed by atoms with Crippen LogP contribution in [0.25, 0.3) is 0 Å². The fraction of sp³-hybridized carbons (Fsp3) is 0.704. The van der Waals surface area contributed by atoms with E-state index in [9.17, 15) is 0 Å². The Morgan fingerprint density at radius 1 is 0.893 bits per heavy atom. The van der Waals surface area contributed by atoms with E-state index in [0.29, 0.717) is 10.8 Å². The maximum absolute atomic E-state index is 4.02. The average Bonchev–Trinajstić information content (AvgIpc) is 3.05. The molecule has 4 aliphatic carbocycles. The Hall–Kier alpha value is -1.08. The van der Waals surface area contributed by atoms with Crippen LogP contribution in [-0.4, -0.2) is 12.6 Å². The molecular weight excluding hydrogens is 338 g/mol. The van der Waals surface area contributed by atoms with Crippen molar-refractivity contribution in [1.82, 2.24) is 5.32 Å². The van der Waals surface area contributed by atoms with E-state index in [4.69, 9.17) is 0 Å². The Morgan fingerprint density at radius 2 is 1.71 bits per heavy atom. The molecule has 4 aliphatic rings. The zero-order valence-corrected chi connectivity index (χ0v) is 18.0. The normalized spacial score (nSPS) is 44.6. The van der Waals surface area contributed by atoms with Gasteiger partial charge in [-0.25, -0.2) is 0 Å². The van der Waals surface area contributed by atoms with Crippen LogP contribution in [0.4, 0.5) is 0 Å². The van der Waals surface area contributed by atoms with Crippen LogP contribution in [0, 0.1) is 34.5 Å². The molecule has 1 aromatic rings. The zero-order valence-electron chi connectivity index (χ0n) is 18.0. The summed E-state index contributed by atoms with van der Waals surface area (Å²) in [5.41, 5.74) is 2.60. The van der Waals surface area contributed by atoms with Crippen molar-refractivity contribution in [1.29, 1.82) is 0 Å². The van der Waals surface area contributed by atoms with E-state index in [0.717, 1.165) is 42.7 Å². The highest BCUT2D eigenvalue weighted by molar-refractivity contribution is 5.16. The van der Waals surface area contributed by atoms with Crippen molar-refractivity contribution in [2.45, 2.75) is 77.7 Å². The monoisotopic (exact) mass is 377 g/mol. The van der Waals surface area contributed by atoms with E-state index in [2.05, 4.69) is 61.6 Å². The SMILES string of the molecule is C[C@]12CC=CC[C@@H]1CC[C@@H]1[C@@H]2CC[C@]2(C)C(NCCc3ccccc3)CC[C@@H]12. The standard InChI is InChI=1S/C27H39N/c1-26-17-7-6-10-21(26)11-12-22-23-13-14-25(27(23,2)18-15-24(22)26)28-19-16-20-8-4-3-5-9-20/h3-9,21-25,28H,10-19H2,1-2H3/t21-,22+,23+,24+,25?,26+,27+/m1/s1. The zero-order chi connectivity index (χ0) is 19.2. The molecule has 1 nitrogen and oxygen atoms in total. The second kappa shape index (κ2) is 7.31. The minimum atomic E-state index is 0.533. The molecular formula is C27H39N. The van der Waals surface area contributed by atoms with Crippen molar-refractivity contribution in [3.63, 3.8) is 0 Å². The van der Waals surface area contributed by atoms with Crippen LogP contribution in [0.5, 0.6) is 0 Å². The van der Waals surface area contributed by atoms with Gasteiger partial charge in [0.2, 0.25) is 0 Å². The van der Waals surface area contributed by atoms with Crippen molar-refractivity contribution in [3.8, 4) is 0 Å². The van der Waals surface area contributed by atoms with Gasteiger partial charge >= 0.3 is 0 Å². The van der Waals surface area contributed by atoms with E-state index in [1.54, 1.807) is 0 Å². The number of rotatable bonds is 4. The molecule has 0 amide bonds. The van der Waals surface area contributed by atoms with Crippen molar-refractivity contribution < 1.29 is 0 Å². The molecule has 0 radical (unpaired) electrons. The second-order valence-electron chi connectivity index (χ2n) is 10.9. The Kier molecular flexibility index (Phi) is 4.94. The molecule has 0 saturated heterocycles. The first-order valence-electron chi connectivity index (χ1n) is 12.0. The molecule has 3 fully saturated rings. The molecule has 0 aromatic heterocycles. The van der Waals surface area contributed by atoms with Gasteiger partial charge in [0.15, 0.2) is 0 Å². The largest absolute Gasteiger partial charge is 0.313 e. The molecule has 3 saturated carbocycles. The van der Waals surface area contributed by atoms with Crippen LogP contribution in [0.1, 0.15) is 70.8 Å². The molecule has 0 bridgehead atoms. The molecule has 7 atom stereocenters. The van der Waals surface area contributed by atoms with E-state index in [-0.39, 0.29) is 0 Å². The van der Waals surface area contributed by atoms with Crippen molar-refractivity contribution in [3.05, 3.63) is 48.0 Å². The summed E-state index contributed by atoms with van der Waals surface area (Å²) in [6.07, 6.45) is 17.6. The minimum Gasteiger partial charge on any atom is -0.313 e. The van der Waals surface area contributed by atoms with Gasteiger partial charge in [-0.05, 0) is 104 Å². The summed E-state index contributed by atoms with van der Waals surface area (Å²) in [6, 6.07) is 11.7. The molecule has 1 aromatic carbocycles. The van der Waals surface area contributed by atoms with Crippen LogP contribution >= 0.6 is 0 Å². The van der Waals surface area contributed by atoms with Gasteiger partial charge in [-0.1, -0.05) is 56.3 Å². The molecule has 1 N–H and O–H groups in total. The fourth-order valence-corrected chi connectivity index (χ4v) is 8.21. The summed E-state index contributed by atoms with van der Waals surface area (Å²) in [5, 5.41) is 4.02. The van der Waals surface area contributed by atoms with Crippen LogP contribution in [0.2, 0.25) is 0 Å². The lowest BCUT2D eigenvalue weighted by Gasteiger charge is -2.59. The molecule has 5 rings (SSSR count). The van der Waals surface area contributed by atoms with Gasteiger partial charge in [-0.3, -0.25) is 0 Å². The van der Waals surface area contributed by atoms with E-state index in [1.807, 2.05) is 0 Å². The third kappa shape index (κ3) is 3.00. The van der Waals surface area contributed by atoms with Gasteiger partial charge in [-0.15, -0.1) is 0 Å². The predicted octanol–water partition coefficient (Wildman–Crippen LogP) is 6.40. The summed E-state index contributed by atoms with van der Waals surface area (Å²) in [6.45, 7) is 6.44. The fourth-order valence-electron chi connectivity index (χ4n) is 8.21. The summed E-state index contributed by atoms with van der Waals surface area (Å²) in [5.74, 6) is 3.90. The number of hydrogen-bond acceptors (Lipinski definition) is 1. The van der Waals surface area contributed by atoms with Crippen molar-refractivity contribution >= 4 is 0 Å². The van der Waals surface area contributed by atoms with Crippen molar-refractivity contribution in [2.24, 2.45) is 34.5 Å². The molecule has 0 heterocycles. The number of allylic oxidation sites excluding steroid dienone is 2. The van der Waals surface area contributed by atoms with E-state index in [1.165, 1.54) is 56.9 Å². The summed E-state index contributed by atoms with van der Waals surface area (Å²) in [7, 11) is 0. The summed E-state index contributed by atoms with van der Waals surface area (Å²) in [4.78, 5) is 0. The van der Waals surface area contributed by atoms with E-state index < -0.39 is 0 Å². The van der Waals surface area contributed by atoms with Crippen LogP contribution in [0.3, 0.4) is 0 Å². The van der Waals surface area contributed by atoms with Gasteiger partial charge < -0.3 is 5.32 Å². The van der Waals surface area contributed by atoms with Crippen molar-refractivity contribution in [2.75, 3.05) is 6.54 Å². The highest BCUT2D eigenvalue weighted by Crippen LogP contribution is 2.65. The molecule has 1 heteroatoms. The molecule has 28 heavy (non-hydrogen) atoms. The Morgan fingerprint density at radius 3 is 2.57 bits per heavy atom. The number of fused-ring (bicyclic) bond motifs is 5. The van der Waals surface area contributed by atoms with Gasteiger partial charge in [0.1, 0.15) is 0 Å². The van der Waals surface area contributed by atoms with Crippen LogP contribution < -0.4 is 5.32 Å². The average molecular weight is 378 g/mol. The maximum atomic E-state index is 4.02. The summed E-state index contributed by atoms with van der Waals surface area (Å²) >= 11 is 0. The Balaban J connectivity index is 1.27. The quantitative estimate of drug-likeness (QED) is 0.599. The third-order valence-electron chi connectivity index (χ3n) is 9.86. The minimum absolute atomic E-state index is 0.533. The van der Waals surface area contributed by atoms with Gasteiger partial charge in [0, 0.05) is 6.04 Å². The van der Waals surface area contributed by atoms with Gasteiger partial charge in [-0.2, -0.15) is 0 Å². The lowest BCUT2D eigenvalue weighted by molar-refractivity contribution is -0.0917. The Bertz CT molecular complexity index is 708. The van der Waals surface area contributed by atoms with E-state index >= 15 is 0 Å². The first kappa shape index (κ1) is 18.9. The first-order chi connectivity index (χ1) is 13.6. The molecule has 0 aliphatic heterocycles. The first-order valence-corrected chi connectivity index (χ1v) is 12.0. The van der Waals surface area contributed by atoms with Crippen LogP contribution in [-0.2, 0) is 6.42 Å². The number of hydrogen-bond donors (Lipinski definition) is 1. The molecule has 1 unspecified atom stereocenters. The molecule has 152 valence electrons. The second-order valence-corrected chi connectivity index (χ2v) is 10.9. The lowest BCUT2D eigenvalue weighted by atomic mass is 9.46. The predicted molar refractivity (Wildman–Crippen MR) is 118 cm³/mol. The smallest absolute Gasteiger partial charge is 0.0124 e. The van der Waals surface area contributed by atoms with Gasteiger partial charge in [0.25, 0.3) is 0 Å². The maximum Gasteiger partial charge on any atom is 0.0124 e. The lowest BCUT2D eigenvalue weighted by Crippen LogP contribution is -2.54. The number of nitrogens with one attached hydrogen (secondary N) is 1. The Labute approximate surface area is 172 Å². The summed E-state index contributed by atoms with van der Waals surface area (Å²) < 4.78 is 0. The highest BCUT2D eigenvalue weighted by atomic mass is 14.9. The molecule has 0 spiro atoms. The highest BCUT2D eigenvalue weighted by Gasteiger charge is 2.59. The topological polar surface area (TPSA) is 12.0 Å². The van der Waals surface area contributed by atoms with Gasteiger partial charge in [0.05, 0.1) is 0 Å².